The van der Waals surface area contributed by atoms with Crippen molar-refractivity contribution < 1.29 is 21.6 Å². The van der Waals surface area contributed by atoms with Crippen molar-refractivity contribution in [2.24, 2.45) is 5.92 Å². The predicted molar refractivity (Wildman–Crippen MR) is 149 cm³/mol. The van der Waals surface area contributed by atoms with E-state index in [0.717, 1.165) is 19.3 Å². The molecule has 5 rings (SSSR count). The van der Waals surface area contributed by atoms with Gasteiger partial charge in [-0.2, -0.15) is 8.61 Å². The van der Waals surface area contributed by atoms with E-state index in [1.807, 2.05) is 18.2 Å². The number of rotatable bonds is 7. The van der Waals surface area contributed by atoms with Crippen LogP contribution >= 0.6 is 0 Å². The average Bonchev–Trinajstić information content (AvgIpc) is 2.98. The van der Waals surface area contributed by atoms with Crippen LogP contribution < -0.4 is 0 Å². The molecule has 2 heterocycles. The van der Waals surface area contributed by atoms with Gasteiger partial charge in [-0.3, -0.25) is 4.79 Å². The fourth-order valence-corrected chi connectivity index (χ4v) is 8.48. The minimum atomic E-state index is -4.02. The summed E-state index contributed by atoms with van der Waals surface area (Å²) in [6, 6.07) is 25.1. The zero-order valence-corrected chi connectivity index (χ0v) is 23.3. The minimum Gasteiger partial charge on any atom is -0.341 e. The Kier molecular flexibility index (Phi) is 8.18. The highest BCUT2D eigenvalue weighted by atomic mass is 32.2. The van der Waals surface area contributed by atoms with E-state index in [9.17, 15) is 21.6 Å². The maximum absolute atomic E-state index is 13.9. The molecular formula is C29H33N3O5S2. The number of hydrogen-bond donors (Lipinski definition) is 0. The van der Waals surface area contributed by atoms with Crippen molar-refractivity contribution in [2.75, 3.05) is 32.7 Å². The fraction of sp³-hybridized carbons (Fsp3) is 0.345. The van der Waals surface area contributed by atoms with Gasteiger partial charge in [0.15, 0.2) is 0 Å². The van der Waals surface area contributed by atoms with Gasteiger partial charge in [0.2, 0.25) is 26.0 Å². The predicted octanol–water partition coefficient (Wildman–Crippen LogP) is 3.23. The minimum absolute atomic E-state index is 0.0355. The lowest BCUT2D eigenvalue weighted by Gasteiger charge is -2.42. The SMILES string of the molecule is O=C([C@H]1CN(S(=O)(=O)c2ccccc2)CCN1S(=O)(=O)c1ccccc1)N1CCC(Cc2ccccc2)CC1. The van der Waals surface area contributed by atoms with Gasteiger partial charge in [0.25, 0.3) is 0 Å². The third-order valence-electron chi connectivity index (χ3n) is 7.60. The van der Waals surface area contributed by atoms with Crippen LogP contribution in [-0.4, -0.2) is 75.0 Å². The van der Waals surface area contributed by atoms with Crippen molar-refractivity contribution in [3.63, 3.8) is 0 Å². The van der Waals surface area contributed by atoms with Gasteiger partial charge in [-0.1, -0.05) is 66.7 Å². The van der Waals surface area contributed by atoms with Crippen LogP contribution in [-0.2, 0) is 31.3 Å². The molecule has 0 radical (unpaired) electrons. The van der Waals surface area contributed by atoms with E-state index in [0.29, 0.717) is 19.0 Å². The van der Waals surface area contributed by atoms with Crippen LogP contribution in [0.3, 0.4) is 0 Å². The number of piperazine rings is 1. The Morgan fingerprint density at radius 3 is 1.74 bits per heavy atom. The molecule has 3 aromatic carbocycles. The van der Waals surface area contributed by atoms with Gasteiger partial charge in [-0.25, -0.2) is 16.8 Å². The molecule has 3 aromatic rings. The molecule has 2 aliphatic heterocycles. The maximum atomic E-state index is 13.9. The number of benzene rings is 3. The van der Waals surface area contributed by atoms with Crippen LogP contribution in [0.25, 0.3) is 0 Å². The van der Waals surface area contributed by atoms with Crippen molar-refractivity contribution in [1.82, 2.24) is 13.5 Å². The topological polar surface area (TPSA) is 95.1 Å². The second-order valence-electron chi connectivity index (χ2n) is 10.1. The molecule has 1 amide bonds. The highest BCUT2D eigenvalue weighted by Gasteiger charge is 2.45. The van der Waals surface area contributed by atoms with Crippen LogP contribution in [0.4, 0.5) is 0 Å². The molecule has 39 heavy (non-hydrogen) atoms. The van der Waals surface area contributed by atoms with Crippen molar-refractivity contribution >= 4 is 26.0 Å². The summed E-state index contributed by atoms with van der Waals surface area (Å²) in [6.07, 6.45) is 2.56. The first-order valence-corrected chi connectivity index (χ1v) is 16.1. The van der Waals surface area contributed by atoms with Crippen LogP contribution in [0, 0.1) is 5.92 Å². The Hall–Kier alpha value is -3.05. The summed E-state index contributed by atoms with van der Waals surface area (Å²) in [7, 11) is -7.91. The molecule has 0 bridgehead atoms. The summed E-state index contributed by atoms with van der Waals surface area (Å²) >= 11 is 0. The van der Waals surface area contributed by atoms with Gasteiger partial charge in [-0.15, -0.1) is 0 Å². The third-order valence-corrected chi connectivity index (χ3v) is 11.4. The van der Waals surface area contributed by atoms with Gasteiger partial charge >= 0.3 is 0 Å². The Morgan fingerprint density at radius 1 is 0.667 bits per heavy atom. The number of likely N-dealkylation sites (tertiary alicyclic amines) is 1. The molecule has 8 nitrogen and oxygen atoms in total. The highest BCUT2D eigenvalue weighted by Crippen LogP contribution is 2.28. The Labute approximate surface area is 231 Å². The highest BCUT2D eigenvalue weighted by molar-refractivity contribution is 7.89. The number of carbonyl (C=O) groups excluding carboxylic acids is 1. The van der Waals surface area contributed by atoms with E-state index in [-0.39, 0.29) is 35.3 Å². The standard InChI is InChI=1S/C29H33N3O5S2/c33-29(30-18-16-25(17-19-30)22-24-10-4-1-5-11-24)28-23-31(38(34,35)26-12-6-2-7-13-26)20-21-32(28)39(36,37)27-14-8-3-9-15-27/h1-15,25,28H,16-23H2/t28-/m1/s1. The second kappa shape index (κ2) is 11.6. The van der Waals surface area contributed by atoms with Crippen LogP contribution in [0.1, 0.15) is 18.4 Å². The maximum Gasteiger partial charge on any atom is 0.243 e. The van der Waals surface area contributed by atoms with Crippen molar-refractivity contribution in [2.45, 2.75) is 35.1 Å². The fourth-order valence-electron chi connectivity index (χ4n) is 5.43. The Balaban J connectivity index is 1.37. The zero-order chi connectivity index (χ0) is 27.5. The van der Waals surface area contributed by atoms with E-state index < -0.39 is 26.1 Å². The summed E-state index contributed by atoms with van der Waals surface area (Å²) in [5, 5.41) is 0. The number of nitrogens with zero attached hydrogens (tertiary/aromatic N) is 3. The lowest BCUT2D eigenvalue weighted by Crippen LogP contribution is -2.62. The molecule has 206 valence electrons. The van der Waals surface area contributed by atoms with Crippen LogP contribution in [0.15, 0.2) is 101 Å². The van der Waals surface area contributed by atoms with Gasteiger partial charge < -0.3 is 4.90 Å². The molecule has 2 aliphatic rings. The zero-order valence-electron chi connectivity index (χ0n) is 21.7. The van der Waals surface area contributed by atoms with Crippen LogP contribution in [0.2, 0.25) is 0 Å². The largest absolute Gasteiger partial charge is 0.341 e. The van der Waals surface area contributed by atoms with E-state index in [4.69, 9.17) is 0 Å². The molecule has 2 fully saturated rings. The van der Waals surface area contributed by atoms with E-state index in [1.165, 1.54) is 38.4 Å². The molecule has 0 spiro atoms. The summed E-state index contributed by atoms with van der Waals surface area (Å²) in [6.45, 7) is 0.650. The molecule has 10 heteroatoms. The molecule has 0 saturated carbocycles. The quantitative estimate of drug-likeness (QED) is 0.437. The number of carbonyl (C=O) groups is 1. The summed E-state index contributed by atoms with van der Waals surface area (Å²) in [4.78, 5) is 15.8. The first-order chi connectivity index (χ1) is 18.8. The summed E-state index contributed by atoms with van der Waals surface area (Å²) in [5.41, 5.74) is 1.26. The number of piperidine rings is 1. The second-order valence-corrected chi connectivity index (χ2v) is 13.9. The smallest absolute Gasteiger partial charge is 0.243 e. The summed E-state index contributed by atoms with van der Waals surface area (Å²) in [5.74, 6) is 0.0857. The number of hydrogen-bond acceptors (Lipinski definition) is 5. The molecule has 0 N–H and O–H groups in total. The monoisotopic (exact) mass is 567 g/mol. The lowest BCUT2D eigenvalue weighted by molar-refractivity contribution is -0.137. The van der Waals surface area contributed by atoms with Crippen LogP contribution in [0.5, 0.6) is 0 Å². The molecular weight excluding hydrogens is 534 g/mol. The van der Waals surface area contributed by atoms with Crippen molar-refractivity contribution in [3.8, 4) is 0 Å². The van der Waals surface area contributed by atoms with Crippen molar-refractivity contribution in [1.29, 1.82) is 0 Å². The molecule has 0 aromatic heterocycles. The first-order valence-electron chi connectivity index (χ1n) is 13.2. The Morgan fingerprint density at radius 2 is 1.18 bits per heavy atom. The molecule has 0 unspecified atom stereocenters. The van der Waals surface area contributed by atoms with Gasteiger partial charge in [-0.05, 0) is 55.0 Å². The number of sulfonamides is 2. The normalized spacial score (nSPS) is 20.1. The van der Waals surface area contributed by atoms with E-state index >= 15 is 0 Å². The van der Waals surface area contributed by atoms with Gasteiger partial charge in [0.1, 0.15) is 6.04 Å². The Bertz CT molecular complexity index is 1480. The summed E-state index contributed by atoms with van der Waals surface area (Å²) < 4.78 is 56.6. The third kappa shape index (κ3) is 5.94. The van der Waals surface area contributed by atoms with Gasteiger partial charge in [0.05, 0.1) is 9.79 Å². The van der Waals surface area contributed by atoms with Crippen molar-refractivity contribution in [3.05, 3.63) is 96.6 Å². The first kappa shape index (κ1) is 27.5. The van der Waals surface area contributed by atoms with Gasteiger partial charge in [0, 0.05) is 32.7 Å². The lowest BCUT2D eigenvalue weighted by atomic mass is 9.90. The molecule has 0 aliphatic carbocycles. The average molecular weight is 568 g/mol. The van der Waals surface area contributed by atoms with E-state index in [1.54, 1.807) is 41.3 Å². The van der Waals surface area contributed by atoms with E-state index in [2.05, 4.69) is 12.1 Å². The molecule has 1 atom stereocenters. The number of amides is 1. The molecule has 2 saturated heterocycles.